The average molecular weight is 199 g/mol. The smallest absolute Gasteiger partial charge is 0.133 e. The van der Waals surface area contributed by atoms with Crippen molar-refractivity contribution < 1.29 is 4.79 Å². The van der Waals surface area contributed by atoms with E-state index in [1.54, 1.807) is 0 Å². The van der Waals surface area contributed by atoms with Gasteiger partial charge >= 0.3 is 0 Å². The molecule has 0 saturated heterocycles. The van der Waals surface area contributed by atoms with Crippen molar-refractivity contribution in [1.29, 1.82) is 0 Å². The van der Waals surface area contributed by atoms with Crippen LogP contribution in [0.1, 0.15) is 53.4 Å². The van der Waals surface area contributed by atoms with E-state index in [-0.39, 0.29) is 5.41 Å². The van der Waals surface area contributed by atoms with Gasteiger partial charge in [0.15, 0.2) is 0 Å². The first kappa shape index (κ1) is 13.6. The highest BCUT2D eigenvalue weighted by molar-refractivity contribution is 5.78. The van der Waals surface area contributed by atoms with Crippen LogP contribution >= 0.6 is 0 Å². The van der Waals surface area contributed by atoms with Gasteiger partial charge in [-0.05, 0) is 30.7 Å². The van der Waals surface area contributed by atoms with Gasteiger partial charge in [0.25, 0.3) is 0 Å². The number of carbonyl (C=O) groups is 1. The quantitative estimate of drug-likeness (QED) is 0.685. The molecule has 0 aromatic rings. The maximum absolute atomic E-state index is 11.5. The Labute approximate surface area is 88.3 Å². The molecule has 0 radical (unpaired) electrons. The topological polar surface area (TPSA) is 43.1 Å². The fourth-order valence-electron chi connectivity index (χ4n) is 1.55. The van der Waals surface area contributed by atoms with Crippen LogP contribution in [0.25, 0.3) is 0 Å². The summed E-state index contributed by atoms with van der Waals surface area (Å²) in [5.74, 6) is 0.880. The first-order valence-electron chi connectivity index (χ1n) is 5.59. The van der Waals surface area contributed by atoms with Gasteiger partial charge in [0, 0.05) is 12.8 Å². The van der Waals surface area contributed by atoms with Crippen LogP contribution in [0.15, 0.2) is 0 Å². The van der Waals surface area contributed by atoms with Crippen LogP contribution in [0, 0.1) is 11.3 Å². The Balaban J connectivity index is 3.75. The summed E-state index contributed by atoms with van der Waals surface area (Å²) in [5.41, 5.74) is 5.74. The summed E-state index contributed by atoms with van der Waals surface area (Å²) in [6, 6.07) is 0. The van der Waals surface area contributed by atoms with Gasteiger partial charge in [-0.2, -0.15) is 0 Å². The lowest BCUT2D eigenvalue weighted by atomic mass is 9.83. The van der Waals surface area contributed by atoms with Crippen LogP contribution in [-0.4, -0.2) is 12.3 Å². The lowest BCUT2D eigenvalue weighted by molar-refractivity contribution is -0.120. The molecule has 0 aliphatic carbocycles. The second-order valence-electron chi connectivity index (χ2n) is 5.34. The average Bonchev–Trinajstić information content (AvgIpc) is 2.00. The minimum absolute atomic E-state index is 0.224. The number of ketones is 1. The molecule has 2 heteroatoms. The summed E-state index contributed by atoms with van der Waals surface area (Å²) in [6.07, 6.45) is 3.40. The third kappa shape index (κ3) is 7.07. The molecule has 0 unspecified atom stereocenters. The summed E-state index contributed by atoms with van der Waals surface area (Å²) < 4.78 is 0. The maximum Gasteiger partial charge on any atom is 0.133 e. The van der Waals surface area contributed by atoms with Crippen molar-refractivity contribution in [1.82, 2.24) is 0 Å². The molecule has 84 valence electrons. The normalized spacial score (nSPS) is 12.1. The number of hydrogen-bond acceptors (Lipinski definition) is 2. The van der Waals surface area contributed by atoms with E-state index in [1.165, 1.54) is 0 Å². The minimum Gasteiger partial charge on any atom is -0.330 e. The Morgan fingerprint density at radius 3 is 2.29 bits per heavy atom. The Morgan fingerprint density at radius 2 is 1.86 bits per heavy atom. The maximum atomic E-state index is 11.5. The molecule has 14 heavy (non-hydrogen) atoms. The molecule has 0 atom stereocenters. The van der Waals surface area contributed by atoms with Crippen molar-refractivity contribution in [3.63, 3.8) is 0 Å². The van der Waals surface area contributed by atoms with Gasteiger partial charge < -0.3 is 5.73 Å². The predicted molar refractivity (Wildman–Crippen MR) is 61.1 cm³/mol. The summed E-state index contributed by atoms with van der Waals surface area (Å²) >= 11 is 0. The minimum atomic E-state index is 0.224. The first-order valence-corrected chi connectivity index (χ1v) is 5.59. The highest BCUT2D eigenvalue weighted by Crippen LogP contribution is 2.26. The highest BCUT2D eigenvalue weighted by Gasteiger charge is 2.18. The molecule has 0 amide bonds. The molecule has 0 rings (SSSR count). The largest absolute Gasteiger partial charge is 0.330 e. The van der Waals surface area contributed by atoms with E-state index in [9.17, 15) is 4.79 Å². The van der Waals surface area contributed by atoms with Crippen molar-refractivity contribution in [3.8, 4) is 0 Å². The van der Waals surface area contributed by atoms with Crippen molar-refractivity contribution in [2.24, 2.45) is 17.1 Å². The zero-order chi connectivity index (χ0) is 11.2. The van der Waals surface area contributed by atoms with Crippen LogP contribution in [0.5, 0.6) is 0 Å². The molecule has 0 aliphatic rings. The van der Waals surface area contributed by atoms with Crippen molar-refractivity contribution in [2.75, 3.05) is 6.54 Å². The Hall–Kier alpha value is -0.370. The second kappa shape index (κ2) is 6.18. The van der Waals surface area contributed by atoms with E-state index >= 15 is 0 Å². The van der Waals surface area contributed by atoms with E-state index in [1.807, 2.05) is 0 Å². The number of rotatable bonds is 7. The molecule has 2 N–H and O–H groups in total. The Kier molecular flexibility index (Phi) is 6.01. The molecule has 0 saturated carbocycles. The van der Waals surface area contributed by atoms with Gasteiger partial charge in [-0.25, -0.2) is 0 Å². The molecular formula is C12H25NO. The summed E-state index contributed by atoms with van der Waals surface area (Å²) in [5, 5.41) is 0. The van der Waals surface area contributed by atoms with Gasteiger partial charge in [0.05, 0.1) is 0 Å². The fourth-order valence-corrected chi connectivity index (χ4v) is 1.55. The molecule has 2 nitrogen and oxygen atoms in total. The van der Waals surface area contributed by atoms with Gasteiger partial charge in [-0.1, -0.05) is 27.7 Å². The Bertz CT molecular complexity index is 173. The van der Waals surface area contributed by atoms with Crippen molar-refractivity contribution >= 4 is 5.78 Å². The van der Waals surface area contributed by atoms with Crippen LogP contribution in [0.2, 0.25) is 0 Å². The number of carbonyl (C=O) groups excluding carboxylic acids is 1. The van der Waals surface area contributed by atoms with Crippen LogP contribution in [-0.2, 0) is 4.79 Å². The van der Waals surface area contributed by atoms with E-state index in [4.69, 9.17) is 5.73 Å². The summed E-state index contributed by atoms with van der Waals surface area (Å²) in [7, 11) is 0. The first-order chi connectivity index (χ1) is 6.37. The second-order valence-corrected chi connectivity index (χ2v) is 5.34. The van der Waals surface area contributed by atoms with Crippen molar-refractivity contribution in [2.45, 2.75) is 53.4 Å². The Morgan fingerprint density at radius 1 is 1.29 bits per heavy atom. The van der Waals surface area contributed by atoms with Gasteiger partial charge in [-0.3, -0.25) is 4.79 Å². The molecule has 0 aromatic carbocycles. The molecular weight excluding hydrogens is 174 g/mol. The van der Waals surface area contributed by atoms with Gasteiger partial charge in [0.1, 0.15) is 5.78 Å². The molecule has 0 fully saturated rings. The molecule has 0 heterocycles. The molecule has 0 aromatic heterocycles. The van der Waals surface area contributed by atoms with Crippen molar-refractivity contribution in [3.05, 3.63) is 0 Å². The van der Waals surface area contributed by atoms with Crippen LogP contribution < -0.4 is 5.73 Å². The van der Waals surface area contributed by atoms with E-state index in [0.717, 1.165) is 19.3 Å². The molecule has 0 aliphatic heterocycles. The number of Topliss-reactive ketones (excluding diaryl/α,β-unsaturated/α-hetero) is 1. The zero-order valence-electron chi connectivity index (χ0n) is 10.1. The van der Waals surface area contributed by atoms with Gasteiger partial charge in [0.2, 0.25) is 0 Å². The monoisotopic (exact) mass is 199 g/mol. The standard InChI is InChI=1S/C12H25NO/c1-10(2)9-11(14)5-6-12(3,4)7-8-13/h10H,5-9,13H2,1-4H3. The van der Waals surface area contributed by atoms with E-state index < -0.39 is 0 Å². The third-order valence-corrected chi connectivity index (χ3v) is 2.54. The molecule has 0 bridgehead atoms. The predicted octanol–water partition coefficient (Wildman–Crippen LogP) is 2.76. The highest BCUT2D eigenvalue weighted by atomic mass is 16.1. The van der Waals surface area contributed by atoms with Gasteiger partial charge in [-0.15, -0.1) is 0 Å². The summed E-state index contributed by atoms with van der Waals surface area (Å²) in [6.45, 7) is 9.25. The number of hydrogen-bond donors (Lipinski definition) is 1. The fraction of sp³-hybridized carbons (Fsp3) is 0.917. The van der Waals surface area contributed by atoms with E-state index in [0.29, 0.717) is 24.7 Å². The van der Waals surface area contributed by atoms with E-state index in [2.05, 4.69) is 27.7 Å². The van der Waals surface area contributed by atoms with Crippen LogP contribution in [0.4, 0.5) is 0 Å². The number of nitrogens with two attached hydrogens (primary N) is 1. The summed E-state index contributed by atoms with van der Waals surface area (Å²) in [4.78, 5) is 11.5. The third-order valence-electron chi connectivity index (χ3n) is 2.54. The van der Waals surface area contributed by atoms with Crippen LogP contribution in [0.3, 0.4) is 0 Å². The molecule has 0 spiro atoms. The zero-order valence-corrected chi connectivity index (χ0v) is 10.1. The lowest BCUT2D eigenvalue weighted by Gasteiger charge is -2.23. The lowest BCUT2D eigenvalue weighted by Crippen LogP contribution is -2.18. The SMILES string of the molecule is CC(C)CC(=O)CCC(C)(C)CCN.